The maximum absolute atomic E-state index is 5.83. The van der Waals surface area contributed by atoms with Crippen molar-refractivity contribution in [3.8, 4) is 16.9 Å². The van der Waals surface area contributed by atoms with Gasteiger partial charge in [0, 0.05) is 0 Å². The molecule has 1 nitrogen and oxygen atoms in total. The molecule has 0 radical (unpaired) electrons. The minimum atomic E-state index is 0.581. The quantitative estimate of drug-likeness (QED) is 0.461. The lowest BCUT2D eigenvalue weighted by Gasteiger charge is -2.09. The first-order valence-electron chi connectivity index (χ1n) is 9.04. The number of ether oxygens (including phenoxy) is 1. The summed E-state index contributed by atoms with van der Waals surface area (Å²) in [5.41, 5.74) is 3.90. The predicted molar refractivity (Wildman–Crippen MR) is 100 cm³/mol. The van der Waals surface area contributed by atoms with Gasteiger partial charge in [-0.3, -0.25) is 0 Å². The van der Waals surface area contributed by atoms with E-state index in [2.05, 4.69) is 69.3 Å². The summed E-state index contributed by atoms with van der Waals surface area (Å²) >= 11 is 0. The zero-order valence-corrected chi connectivity index (χ0v) is 14.8. The molecule has 0 bridgehead atoms. The van der Waals surface area contributed by atoms with Crippen molar-refractivity contribution in [1.82, 2.24) is 0 Å². The first kappa shape index (κ1) is 17.6. The second-order valence-corrected chi connectivity index (χ2v) is 6.56. The fraction of sp³-hybridized carbons (Fsp3) is 0.455. The SMILES string of the molecule is CCCCCCCOc1ccc(-c2ccc(C(C)C)cc2)cc1. The van der Waals surface area contributed by atoms with Crippen LogP contribution in [-0.2, 0) is 0 Å². The summed E-state index contributed by atoms with van der Waals surface area (Å²) in [5, 5.41) is 0. The molecule has 0 aliphatic carbocycles. The van der Waals surface area contributed by atoms with Crippen LogP contribution in [-0.4, -0.2) is 6.61 Å². The summed E-state index contributed by atoms with van der Waals surface area (Å²) in [4.78, 5) is 0. The highest BCUT2D eigenvalue weighted by Gasteiger charge is 2.02. The second kappa shape index (κ2) is 9.39. The summed E-state index contributed by atoms with van der Waals surface area (Å²) in [6, 6.07) is 17.3. The van der Waals surface area contributed by atoms with Gasteiger partial charge in [-0.1, -0.05) is 82.9 Å². The largest absolute Gasteiger partial charge is 0.494 e. The molecule has 0 saturated carbocycles. The maximum atomic E-state index is 5.83. The molecule has 0 heterocycles. The predicted octanol–water partition coefficient (Wildman–Crippen LogP) is 6.83. The lowest BCUT2D eigenvalue weighted by atomic mass is 9.99. The number of benzene rings is 2. The Kier molecular flexibility index (Phi) is 7.19. The highest BCUT2D eigenvalue weighted by molar-refractivity contribution is 5.64. The summed E-state index contributed by atoms with van der Waals surface area (Å²) in [5.74, 6) is 1.56. The van der Waals surface area contributed by atoms with Crippen LogP contribution in [0.4, 0.5) is 0 Å². The monoisotopic (exact) mass is 310 g/mol. The van der Waals surface area contributed by atoms with Crippen LogP contribution in [0.5, 0.6) is 5.75 Å². The number of unbranched alkanes of at least 4 members (excludes halogenated alkanes) is 4. The molecule has 23 heavy (non-hydrogen) atoms. The van der Waals surface area contributed by atoms with Gasteiger partial charge in [-0.25, -0.2) is 0 Å². The Bertz CT molecular complexity index is 552. The van der Waals surface area contributed by atoms with Crippen molar-refractivity contribution in [2.24, 2.45) is 0 Å². The molecule has 2 rings (SSSR count). The van der Waals surface area contributed by atoms with Crippen molar-refractivity contribution >= 4 is 0 Å². The average Bonchev–Trinajstić information content (AvgIpc) is 2.58. The van der Waals surface area contributed by atoms with Gasteiger partial charge in [-0.05, 0) is 41.2 Å². The number of rotatable bonds is 9. The first-order chi connectivity index (χ1) is 11.2. The van der Waals surface area contributed by atoms with E-state index in [9.17, 15) is 0 Å². The van der Waals surface area contributed by atoms with Crippen molar-refractivity contribution in [2.75, 3.05) is 6.61 Å². The Labute approximate surface area is 141 Å². The standard InChI is InChI=1S/C22H30O/c1-4-5-6-7-8-17-23-22-15-13-21(14-16-22)20-11-9-19(10-12-20)18(2)3/h9-16,18H,4-8,17H2,1-3H3. The van der Waals surface area contributed by atoms with Gasteiger partial charge in [0.25, 0.3) is 0 Å². The molecule has 0 aliphatic rings. The van der Waals surface area contributed by atoms with Crippen molar-refractivity contribution < 1.29 is 4.74 Å². The van der Waals surface area contributed by atoms with E-state index < -0.39 is 0 Å². The highest BCUT2D eigenvalue weighted by Crippen LogP contribution is 2.24. The van der Waals surface area contributed by atoms with Gasteiger partial charge in [0.1, 0.15) is 5.75 Å². The number of hydrogen-bond donors (Lipinski definition) is 0. The van der Waals surface area contributed by atoms with E-state index in [-0.39, 0.29) is 0 Å². The van der Waals surface area contributed by atoms with Crippen LogP contribution in [0.3, 0.4) is 0 Å². The molecular formula is C22H30O. The molecule has 0 N–H and O–H groups in total. The molecule has 0 unspecified atom stereocenters. The van der Waals surface area contributed by atoms with Crippen LogP contribution in [0.1, 0.15) is 64.4 Å². The zero-order chi connectivity index (χ0) is 16.5. The topological polar surface area (TPSA) is 9.23 Å². The van der Waals surface area contributed by atoms with E-state index in [1.807, 2.05) is 0 Å². The van der Waals surface area contributed by atoms with Crippen molar-refractivity contribution in [1.29, 1.82) is 0 Å². The molecule has 0 atom stereocenters. The normalized spacial score (nSPS) is 11.0. The van der Waals surface area contributed by atoms with E-state index in [4.69, 9.17) is 4.74 Å². The lowest BCUT2D eigenvalue weighted by molar-refractivity contribution is 0.304. The van der Waals surface area contributed by atoms with Crippen LogP contribution in [0.25, 0.3) is 11.1 Å². The lowest BCUT2D eigenvalue weighted by Crippen LogP contribution is -1.97. The van der Waals surface area contributed by atoms with E-state index in [0.717, 1.165) is 18.8 Å². The second-order valence-electron chi connectivity index (χ2n) is 6.56. The molecule has 0 fully saturated rings. The molecular weight excluding hydrogens is 280 g/mol. The van der Waals surface area contributed by atoms with Crippen LogP contribution >= 0.6 is 0 Å². The highest BCUT2D eigenvalue weighted by atomic mass is 16.5. The van der Waals surface area contributed by atoms with Crippen molar-refractivity contribution in [2.45, 2.75) is 58.8 Å². The molecule has 0 aliphatic heterocycles. The van der Waals surface area contributed by atoms with Gasteiger partial charge in [-0.15, -0.1) is 0 Å². The molecule has 2 aromatic rings. The van der Waals surface area contributed by atoms with Crippen molar-refractivity contribution in [3.63, 3.8) is 0 Å². The fourth-order valence-corrected chi connectivity index (χ4v) is 2.70. The Morgan fingerprint density at radius 2 is 1.30 bits per heavy atom. The maximum Gasteiger partial charge on any atom is 0.119 e. The Balaban J connectivity index is 1.84. The van der Waals surface area contributed by atoms with Gasteiger partial charge in [0.05, 0.1) is 6.61 Å². The van der Waals surface area contributed by atoms with Gasteiger partial charge in [0.15, 0.2) is 0 Å². The van der Waals surface area contributed by atoms with Crippen LogP contribution in [0.15, 0.2) is 48.5 Å². The minimum Gasteiger partial charge on any atom is -0.494 e. The number of hydrogen-bond acceptors (Lipinski definition) is 1. The third-order valence-electron chi connectivity index (χ3n) is 4.28. The molecule has 0 amide bonds. The van der Waals surface area contributed by atoms with E-state index in [1.165, 1.54) is 42.4 Å². The molecule has 0 aromatic heterocycles. The van der Waals surface area contributed by atoms with Gasteiger partial charge >= 0.3 is 0 Å². The van der Waals surface area contributed by atoms with E-state index in [1.54, 1.807) is 0 Å². The fourth-order valence-electron chi connectivity index (χ4n) is 2.70. The average molecular weight is 310 g/mol. The summed E-state index contributed by atoms with van der Waals surface area (Å²) in [7, 11) is 0. The van der Waals surface area contributed by atoms with Crippen LogP contribution in [0, 0.1) is 0 Å². The third-order valence-corrected chi connectivity index (χ3v) is 4.28. The van der Waals surface area contributed by atoms with Gasteiger partial charge in [0.2, 0.25) is 0 Å². The smallest absolute Gasteiger partial charge is 0.119 e. The molecule has 0 spiro atoms. The third kappa shape index (κ3) is 5.74. The van der Waals surface area contributed by atoms with Gasteiger partial charge in [-0.2, -0.15) is 0 Å². The van der Waals surface area contributed by atoms with Gasteiger partial charge < -0.3 is 4.74 Å². The molecule has 0 saturated heterocycles. The molecule has 124 valence electrons. The summed E-state index contributed by atoms with van der Waals surface area (Å²) in [6.07, 6.45) is 6.38. The Morgan fingerprint density at radius 1 is 0.739 bits per heavy atom. The summed E-state index contributed by atoms with van der Waals surface area (Å²) in [6.45, 7) is 7.52. The zero-order valence-electron chi connectivity index (χ0n) is 14.8. The Morgan fingerprint density at radius 3 is 1.87 bits per heavy atom. The molecule has 1 heteroatoms. The minimum absolute atomic E-state index is 0.581. The molecule has 2 aromatic carbocycles. The first-order valence-corrected chi connectivity index (χ1v) is 9.04. The summed E-state index contributed by atoms with van der Waals surface area (Å²) < 4.78 is 5.83. The Hall–Kier alpha value is -1.76. The van der Waals surface area contributed by atoms with Crippen LogP contribution < -0.4 is 4.74 Å². The van der Waals surface area contributed by atoms with Crippen molar-refractivity contribution in [3.05, 3.63) is 54.1 Å². The van der Waals surface area contributed by atoms with E-state index >= 15 is 0 Å². The van der Waals surface area contributed by atoms with E-state index in [0.29, 0.717) is 5.92 Å². The van der Waals surface area contributed by atoms with Crippen LogP contribution in [0.2, 0.25) is 0 Å².